The van der Waals surface area contributed by atoms with Crippen molar-refractivity contribution in [2.24, 2.45) is 0 Å². The van der Waals surface area contributed by atoms with Gasteiger partial charge in [-0.05, 0) is 18.6 Å². The highest BCUT2D eigenvalue weighted by Crippen LogP contribution is 2.23. The molecule has 1 amide bonds. The van der Waals surface area contributed by atoms with E-state index in [0.29, 0.717) is 19.6 Å². The highest BCUT2D eigenvalue weighted by atomic mass is 16.6. The van der Waals surface area contributed by atoms with Crippen LogP contribution in [0.5, 0.6) is 0 Å². The fourth-order valence-corrected chi connectivity index (χ4v) is 1.86. The minimum atomic E-state index is -0.557. The Morgan fingerprint density at radius 1 is 1.50 bits per heavy atom. The lowest BCUT2D eigenvalue weighted by atomic mass is 10.1. The zero-order valence-electron chi connectivity index (χ0n) is 11.9. The van der Waals surface area contributed by atoms with Crippen LogP contribution in [0.25, 0.3) is 5.69 Å². The number of hydrogen-bond acceptors (Lipinski definition) is 6. The number of aromatic nitrogens is 3. The summed E-state index contributed by atoms with van der Waals surface area (Å²) in [6, 6.07) is 4.20. The Labute approximate surface area is 126 Å². The van der Waals surface area contributed by atoms with Crippen molar-refractivity contribution in [2.75, 3.05) is 20.3 Å². The molecule has 2 aromatic rings. The first-order valence-electron chi connectivity index (χ1n) is 6.54. The van der Waals surface area contributed by atoms with Crippen molar-refractivity contribution in [1.82, 2.24) is 20.1 Å². The van der Waals surface area contributed by atoms with Crippen LogP contribution in [0.2, 0.25) is 0 Å². The van der Waals surface area contributed by atoms with Crippen molar-refractivity contribution < 1.29 is 14.5 Å². The van der Waals surface area contributed by atoms with Crippen LogP contribution in [0.3, 0.4) is 0 Å². The third kappa shape index (κ3) is 3.64. The Bertz CT molecular complexity index is 656. The van der Waals surface area contributed by atoms with Crippen LogP contribution in [0.15, 0.2) is 30.9 Å². The molecular weight excluding hydrogens is 290 g/mol. The topological polar surface area (TPSA) is 112 Å². The number of nitro groups is 1. The number of rotatable bonds is 7. The minimum absolute atomic E-state index is 0.213. The molecule has 0 aliphatic carbocycles. The molecule has 22 heavy (non-hydrogen) atoms. The van der Waals surface area contributed by atoms with E-state index in [1.807, 2.05) is 0 Å². The van der Waals surface area contributed by atoms with Crippen molar-refractivity contribution in [3.63, 3.8) is 0 Å². The summed E-state index contributed by atoms with van der Waals surface area (Å²) < 4.78 is 6.16. The van der Waals surface area contributed by atoms with Crippen molar-refractivity contribution >= 4 is 11.6 Å². The minimum Gasteiger partial charge on any atom is -0.385 e. The fourth-order valence-electron chi connectivity index (χ4n) is 1.86. The molecule has 0 spiro atoms. The Hall–Kier alpha value is -2.81. The fraction of sp³-hybridized carbons (Fsp3) is 0.308. The number of amides is 1. The standard InChI is InChI=1S/C13H15N5O4/c1-22-6-2-5-15-13(19)10-3-4-11(12(7-10)18(20)21)17-9-14-8-16-17/h3-4,7-9H,2,5-6H2,1H3,(H,15,19). The molecule has 0 radical (unpaired) electrons. The summed E-state index contributed by atoms with van der Waals surface area (Å²) in [5.41, 5.74) is 0.251. The molecule has 0 saturated carbocycles. The molecule has 0 bridgehead atoms. The molecule has 0 unspecified atom stereocenters. The highest BCUT2D eigenvalue weighted by molar-refractivity contribution is 5.95. The summed E-state index contributed by atoms with van der Waals surface area (Å²) in [6.45, 7) is 0.969. The summed E-state index contributed by atoms with van der Waals surface area (Å²) >= 11 is 0. The van der Waals surface area contributed by atoms with Crippen molar-refractivity contribution in [3.8, 4) is 5.69 Å². The van der Waals surface area contributed by atoms with Gasteiger partial charge in [0.05, 0.1) is 4.92 Å². The van der Waals surface area contributed by atoms with Gasteiger partial charge in [-0.3, -0.25) is 14.9 Å². The van der Waals surface area contributed by atoms with Gasteiger partial charge < -0.3 is 10.1 Å². The summed E-state index contributed by atoms with van der Waals surface area (Å²) in [5, 5.41) is 17.7. The molecule has 1 N–H and O–H groups in total. The average molecular weight is 305 g/mol. The smallest absolute Gasteiger partial charge is 0.295 e. The van der Waals surface area contributed by atoms with Gasteiger partial charge in [0, 0.05) is 31.9 Å². The van der Waals surface area contributed by atoms with E-state index in [1.165, 1.54) is 35.5 Å². The zero-order chi connectivity index (χ0) is 15.9. The maximum absolute atomic E-state index is 12.0. The monoisotopic (exact) mass is 305 g/mol. The number of nitrogens with zero attached hydrogens (tertiary/aromatic N) is 4. The molecule has 0 aliphatic rings. The highest BCUT2D eigenvalue weighted by Gasteiger charge is 2.19. The van der Waals surface area contributed by atoms with Gasteiger partial charge >= 0.3 is 0 Å². The largest absolute Gasteiger partial charge is 0.385 e. The maximum atomic E-state index is 12.0. The second kappa shape index (κ2) is 7.27. The van der Waals surface area contributed by atoms with E-state index in [4.69, 9.17) is 4.74 Å². The molecule has 116 valence electrons. The quantitative estimate of drug-likeness (QED) is 0.463. The second-order valence-corrected chi connectivity index (χ2v) is 4.40. The van der Waals surface area contributed by atoms with Gasteiger partial charge in [-0.25, -0.2) is 9.67 Å². The van der Waals surface area contributed by atoms with Gasteiger partial charge in [0.15, 0.2) is 0 Å². The number of hydrogen-bond donors (Lipinski definition) is 1. The van der Waals surface area contributed by atoms with E-state index in [1.54, 1.807) is 7.11 Å². The van der Waals surface area contributed by atoms with Gasteiger partial charge in [0.2, 0.25) is 0 Å². The van der Waals surface area contributed by atoms with E-state index >= 15 is 0 Å². The van der Waals surface area contributed by atoms with E-state index in [9.17, 15) is 14.9 Å². The van der Waals surface area contributed by atoms with Crippen LogP contribution in [0.1, 0.15) is 16.8 Å². The lowest BCUT2D eigenvalue weighted by molar-refractivity contribution is -0.384. The van der Waals surface area contributed by atoms with Crippen molar-refractivity contribution in [1.29, 1.82) is 0 Å². The molecule has 0 atom stereocenters. The van der Waals surface area contributed by atoms with Gasteiger partial charge in [0.1, 0.15) is 18.3 Å². The summed E-state index contributed by atoms with van der Waals surface area (Å²) in [7, 11) is 1.58. The molecule has 9 heteroatoms. The molecule has 2 rings (SSSR count). The summed E-state index contributed by atoms with van der Waals surface area (Å²) in [5.74, 6) is -0.371. The number of benzene rings is 1. The molecule has 0 fully saturated rings. The normalized spacial score (nSPS) is 10.4. The number of carbonyl (C=O) groups excluding carboxylic acids is 1. The number of methoxy groups -OCH3 is 1. The van der Waals surface area contributed by atoms with Crippen LogP contribution in [0, 0.1) is 10.1 Å². The van der Waals surface area contributed by atoms with Crippen molar-refractivity contribution in [3.05, 3.63) is 46.5 Å². The summed E-state index contributed by atoms with van der Waals surface area (Å²) in [4.78, 5) is 26.4. The van der Waals surface area contributed by atoms with Crippen LogP contribution in [-0.2, 0) is 4.74 Å². The number of nitro benzene ring substituents is 1. The van der Waals surface area contributed by atoms with Crippen LogP contribution >= 0.6 is 0 Å². The molecule has 1 aromatic heterocycles. The first kappa shape index (κ1) is 15.6. The lowest BCUT2D eigenvalue weighted by Gasteiger charge is -2.07. The summed E-state index contributed by atoms with van der Waals surface area (Å²) in [6.07, 6.45) is 3.30. The van der Waals surface area contributed by atoms with Crippen LogP contribution in [-0.4, -0.2) is 45.9 Å². The predicted octanol–water partition coefficient (Wildman–Crippen LogP) is 0.942. The molecule has 0 saturated heterocycles. The van der Waals surface area contributed by atoms with E-state index in [2.05, 4.69) is 15.4 Å². The SMILES string of the molecule is COCCCNC(=O)c1ccc(-n2cncn2)c([N+](=O)[O-])c1. The van der Waals surface area contributed by atoms with E-state index in [0.717, 1.165) is 0 Å². The Kier molecular flexibility index (Phi) is 5.15. The first-order chi connectivity index (χ1) is 10.6. The Morgan fingerprint density at radius 2 is 2.32 bits per heavy atom. The first-order valence-corrected chi connectivity index (χ1v) is 6.54. The molecule has 1 heterocycles. The lowest BCUT2D eigenvalue weighted by Crippen LogP contribution is -2.25. The number of nitrogens with one attached hydrogen (secondary N) is 1. The third-order valence-electron chi connectivity index (χ3n) is 2.91. The van der Waals surface area contributed by atoms with Gasteiger partial charge in [0.25, 0.3) is 11.6 Å². The molecule has 1 aromatic carbocycles. The van der Waals surface area contributed by atoms with Gasteiger partial charge in [-0.1, -0.05) is 0 Å². The number of carbonyl (C=O) groups is 1. The molecular formula is C13H15N5O4. The van der Waals surface area contributed by atoms with E-state index < -0.39 is 4.92 Å². The van der Waals surface area contributed by atoms with Gasteiger partial charge in [-0.2, -0.15) is 5.10 Å². The maximum Gasteiger partial charge on any atom is 0.295 e. The number of ether oxygens (including phenoxy) is 1. The molecule has 0 aliphatic heterocycles. The zero-order valence-corrected chi connectivity index (χ0v) is 11.9. The van der Waals surface area contributed by atoms with Crippen LogP contribution < -0.4 is 5.32 Å². The van der Waals surface area contributed by atoms with Crippen LogP contribution in [0.4, 0.5) is 5.69 Å². The molecule has 9 nitrogen and oxygen atoms in total. The third-order valence-corrected chi connectivity index (χ3v) is 2.91. The average Bonchev–Trinajstić information content (AvgIpc) is 3.05. The Balaban J connectivity index is 2.19. The van der Waals surface area contributed by atoms with E-state index in [-0.39, 0.29) is 22.8 Å². The second-order valence-electron chi connectivity index (χ2n) is 4.40. The van der Waals surface area contributed by atoms with Crippen molar-refractivity contribution in [2.45, 2.75) is 6.42 Å². The predicted molar refractivity (Wildman–Crippen MR) is 76.8 cm³/mol. The Morgan fingerprint density at radius 3 is 2.95 bits per heavy atom. The van der Waals surface area contributed by atoms with Gasteiger partial charge in [-0.15, -0.1) is 0 Å².